The summed E-state index contributed by atoms with van der Waals surface area (Å²) in [6, 6.07) is 17.2. The van der Waals surface area contributed by atoms with E-state index in [0.717, 1.165) is 11.1 Å². The molecule has 1 saturated heterocycles. The molecule has 1 amide bonds. The predicted molar refractivity (Wildman–Crippen MR) is 108 cm³/mol. The fourth-order valence-corrected chi connectivity index (χ4v) is 3.20. The second kappa shape index (κ2) is 10.9. The number of hydrogen-bond donors (Lipinski definition) is 4. The van der Waals surface area contributed by atoms with Crippen LogP contribution in [0.2, 0.25) is 0 Å². The molecule has 0 aliphatic carbocycles. The molecule has 0 bridgehead atoms. The van der Waals surface area contributed by atoms with Crippen LogP contribution >= 0.6 is 0 Å². The maximum Gasteiger partial charge on any atom is 0.407 e. The SMILES string of the molecule is O=C(N[C@H]1[C@H](OCCc2ccccc2)O[C@H](C(=O)O)[C@@H](O)[C@@H]1O)OCc1ccccc1. The topological polar surface area (TPSA) is 135 Å². The zero-order valence-electron chi connectivity index (χ0n) is 16.7. The molecule has 1 aliphatic heterocycles. The van der Waals surface area contributed by atoms with Gasteiger partial charge in [-0.3, -0.25) is 0 Å². The molecule has 2 aromatic carbocycles. The van der Waals surface area contributed by atoms with Gasteiger partial charge in [-0.25, -0.2) is 9.59 Å². The number of carbonyl (C=O) groups excluding carboxylic acids is 1. The molecule has 31 heavy (non-hydrogen) atoms. The zero-order chi connectivity index (χ0) is 22.2. The molecule has 9 heteroatoms. The van der Waals surface area contributed by atoms with Crippen molar-refractivity contribution < 1.29 is 39.1 Å². The van der Waals surface area contributed by atoms with E-state index < -0.39 is 42.7 Å². The second-order valence-electron chi connectivity index (χ2n) is 7.08. The Morgan fingerprint density at radius 2 is 1.55 bits per heavy atom. The lowest BCUT2D eigenvalue weighted by Crippen LogP contribution is -2.65. The third-order valence-electron chi connectivity index (χ3n) is 4.86. The minimum absolute atomic E-state index is 0.00379. The summed E-state index contributed by atoms with van der Waals surface area (Å²) >= 11 is 0. The number of alkyl carbamates (subject to hydrolysis) is 1. The van der Waals surface area contributed by atoms with Gasteiger partial charge in [0, 0.05) is 0 Å². The molecular formula is C22H25NO8. The Morgan fingerprint density at radius 3 is 2.16 bits per heavy atom. The van der Waals surface area contributed by atoms with Gasteiger partial charge in [0.05, 0.1) is 6.61 Å². The van der Waals surface area contributed by atoms with Crippen LogP contribution in [0.3, 0.4) is 0 Å². The molecule has 5 atom stereocenters. The highest BCUT2D eigenvalue weighted by Crippen LogP contribution is 2.23. The predicted octanol–water partition coefficient (Wildman–Crippen LogP) is 1.07. The molecule has 4 N–H and O–H groups in total. The molecule has 2 aromatic rings. The number of aliphatic carboxylic acids is 1. The van der Waals surface area contributed by atoms with Gasteiger partial charge in [0.1, 0.15) is 24.9 Å². The first-order valence-electron chi connectivity index (χ1n) is 9.83. The lowest BCUT2D eigenvalue weighted by Gasteiger charge is -2.41. The molecule has 9 nitrogen and oxygen atoms in total. The van der Waals surface area contributed by atoms with Crippen LogP contribution in [-0.4, -0.2) is 64.6 Å². The summed E-state index contributed by atoms with van der Waals surface area (Å²) in [6.45, 7) is 0.136. The number of carboxylic acid groups (broad SMARTS) is 1. The average molecular weight is 431 g/mol. The van der Waals surface area contributed by atoms with Crippen molar-refractivity contribution in [2.45, 2.75) is 43.7 Å². The number of carbonyl (C=O) groups is 2. The number of nitrogens with one attached hydrogen (secondary N) is 1. The van der Waals surface area contributed by atoms with Crippen molar-refractivity contribution in [2.24, 2.45) is 0 Å². The van der Waals surface area contributed by atoms with E-state index in [-0.39, 0.29) is 13.2 Å². The number of carboxylic acids is 1. The van der Waals surface area contributed by atoms with Gasteiger partial charge in [0.2, 0.25) is 0 Å². The van der Waals surface area contributed by atoms with Crippen LogP contribution in [0.25, 0.3) is 0 Å². The Kier molecular flexibility index (Phi) is 7.96. The van der Waals surface area contributed by atoms with Crippen molar-refractivity contribution >= 4 is 12.1 Å². The first-order chi connectivity index (χ1) is 15.0. The van der Waals surface area contributed by atoms with E-state index in [2.05, 4.69) is 5.32 Å². The number of aliphatic hydroxyl groups is 2. The molecule has 0 aromatic heterocycles. The number of rotatable bonds is 8. The molecule has 0 unspecified atom stereocenters. The number of aliphatic hydroxyl groups excluding tert-OH is 2. The van der Waals surface area contributed by atoms with Crippen LogP contribution in [0, 0.1) is 0 Å². The molecule has 1 fully saturated rings. The fourth-order valence-electron chi connectivity index (χ4n) is 3.20. The Morgan fingerprint density at radius 1 is 0.935 bits per heavy atom. The molecule has 3 rings (SSSR count). The zero-order valence-corrected chi connectivity index (χ0v) is 16.7. The smallest absolute Gasteiger partial charge is 0.407 e. The fraction of sp³-hybridized carbons (Fsp3) is 0.364. The molecule has 1 aliphatic rings. The molecule has 0 saturated carbocycles. The van der Waals surface area contributed by atoms with Crippen LogP contribution in [0.1, 0.15) is 11.1 Å². The molecule has 0 radical (unpaired) electrons. The monoisotopic (exact) mass is 431 g/mol. The van der Waals surface area contributed by atoms with Gasteiger partial charge < -0.3 is 34.8 Å². The number of benzene rings is 2. The summed E-state index contributed by atoms with van der Waals surface area (Å²) in [5.41, 5.74) is 1.75. The quantitative estimate of drug-likeness (QED) is 0.488. The number of hydrogen-bond acceptors (Lipinski definition) is 7. The summed E-state index contributed by atoms with van der Waals surface area (Å²) in [5, 5.41) is 32.2. The van der Waals surface area contributed by atoms with Gasteiger partial charge in [-0.1, -0.05) is 60.7 Å². The maximum atomic E-state index is 12.2. The highest BCUT2D eigenvalue weighted by Gasteiger charge is 2.48. The van der Waals surface area contributed by atoms with Crippen molar-refractivity contribution in [1.29, 1.82) is 0 Å². The van der Waals surface area contributed by atoms with E-state index in [9.17, 15) is 24.9 Å². The molecule has 0 spiro atoms. The molecule has 166 valence electrons. The van der Waals surface area contributed by atoms with Gasteiger partial charge in [-0.2, -0.15) is 0 Å². The summed E-state index contributed by atoms with van der Waals surface area (Å²) in [4.78, 5) is 23.6. The lowest BCUT2D eigenvalue weighted by atomic mass is 9.97. The normalized spacial score (nSPS) is 25.5. The van der Waals surface area contributed by atoms with Crippen molar-refractivity contribution in [3.63, 3.8) is 0 Å². The summed E-state index contributed by atoms with van der Waals surface area (Å²) in [7, 11) is 0. The van der Waals surface area contributed by atoms with Crippen LogP contribution in [0.4, 0.5) is 4.79 Å². The Balaban J connectivity index is 1.62. The third kappa shape index (κ3) is 6.25. The van der Waals surface area contributed by atoms with Gasteiger partial charge >= 0.3 is 12.1 Å². The third-order valence-corrected chi connectivity index (χ3v) is 4.86. The van der Waals surface area contributed by atoms with Crippen LogP contribution < -0.4 is 5.32 Å². The van der Waals surface area contributed by atoms with Gasteiger partial charge in [-0.05, 0) is 17.5 Å². The highest BCUT2D eigenvalue weighted by atomic mass is 16.7. The largest absolute Gasteiger partial charge is 0.479 e. The first kappa shape index (κ1) is 22.7. The van der Waals surface area contributed by atoms with Crippen molar-refractivity contribution in [3.8, 4) is 0 Å². The van der Waals surface area contributed by atoms with E-state index in [0.29, 0.717) is 6.42 Å². The van der Waals surface area contributed by atoms with Crippen molar-refractivity contribution in [2.75, 3.05) is 6.61 Å². The minimum atomic E-state index is -1.76. The number of amides is 1. The summed E-state index contributed by atoms with van der Waals surface area (Å²) in [5.74, 6) is -1.45. The Labute approximate surface area is 179 Å². The summed E-state index contributed by atoms with van der Waals surface area (Å²) in [6.07, 6.45) is -6.76. The average Bonchev–Trinajstić information content (AvgIpc) is 2.78. The molecule has 1 heterocycles. The van der Waals surface area contributed by atoms with E-state index >= 15 is 0 Å². The first-order valence-corrected chi connectivity index (χ1v) is 9.83. The van der Waals surface area contributed by atoms with E-state index in [4.69, 9.17) is 14.2 Å². The van der Waals surface area contributed by atoms with E-state index in [1.54, 1.807) is 24.3 Å². The van der Waals surface area contributed by atoms with E-state index in [1.807, 2.05) is 36.4 Å². The van der Waals surface area contributed by atoms with Gasteiger partial charge in [0.25, 0.3) is 0 Å². The van der Waals surface area contributed by atoms with Crippen LogP contribution in [0.5, 0.6) is 0 Å². The summed E-state index contributed by atoms with van der Waals surface area (Å²) < 4.78 is 16.1. The second-order valence-corrected chi connectivity index (χ2v) is 7.08. The molecular weight excluding hydrogens is 406 g/mol. The number of ether oxygens (including phenoxy) is 3. The van der Waals surface area contributed by atoms with Crippen molar-refractivity contribution in [3.05, 3.63) is 71.8 Å². The van der Waals surface area contributed by atoms with Gasteiger partial charge in [-0.15, -0.1) is 0 Å². The van der Waals surface area contributed by atoms with E-state index in [1.165, 1.54) is 0 Å². The Bertz CT molecular complexity index is 847. The van der Waals surface area contributed by atoms with Crippen LogP contribution in [0.15, 0.2) is 60.7 Å². The standard InChI is InChI=1S/C22H25NO8/c24-17-16(23-22(28)30-13-15-9-5-2-6-10-15)21(31-19(18(17)25)20(26)27)29-12-11-14-7-3-1-4-8-14/h1-10,16-19,21,24-25H,11-13H2,(H,23,28)(H,26,27)/t16-,17-,18+,19+,21-/m1/s1. The van der Waals surface area contributed by atoms with Crippen molar-refractivity contribution in [1.82, 2.24) is 5.32 Å². The van der Waals surface area contributed by atoms with Crippen LogP contribution in [-0.2, 0) is 32.0 Å². The lowest BCUT2D eigenvalue weighted by molar-refractivity contribution is -0.263. The Hall–Kier alpha value is -2.98. The highest BCUT2D eigenvalue weighted by molar-refractivity contribution is 5.73. The maximum absolute atomic E-state index is 12.2. The minimum Gasteiger partial charge on any atom is -0.479 e. The van der Waals surface area contributed by atoms with Gasteiger partial charge in [0.15, 0.2) is 12.4 Å².